The Kier molecular flexibility index (Phi) is 7.21. The average Bonchev–Trinajstić information content (AvgIpc) is 3.35. The second-order valence-corrected chi connectivity index (χ2v) is 10.2. The first-order valence-electron chi connectivity index (χ1n) is 10.8. The lowest BCUT2D eigenvalue weighted by atomic mass is 10.1. The van der Waals surface area contributed by atoms with Gasteiger partial charge in [-0.1, -0.05) is 29.8 Å². The number of nitriles is 1. The minimum Gasteiger partial charge on any atom is -0.387 e. The molecule has 1 aliphatic rings. The SMILES string of the molecule is Cc1ccc(C(C)Nc2nc(C#N)nc3c2ccn3[C@@H]2O[C@H](COOP(C)(=O)O)[C@@H](O)[C@H]2O)cc1. The number of fused-ring (bicyclic) bond motifs is 1. The van der Waals surface area contributed by atoms with Crippen LogP contribution in [0.4, 0.5) is 5.82 Å². The van der Waals surface area contributed by atoms with Crippen molar-refractivity contribution in [1.29, 1.82) is 5.26 Å². The molecule has 35 heavy (non-hydrogen) atoms. The zero-order valence-electron chi connectivity index (χ0n) is 19.3. The Bertz CT molecular complexity index is 1290. The number of benzene rings is 1. The van der Waals surface area contributed by atoms with E-state index in [9.17, 15) is 20.0 Å². The van der Waals surface area contributed by atoms with Crippen molar-refractivity contribution in [1.82, 2.24) is 14.5 Å². The van der Waals surface area contributed by atoms with Crippen molar-refractivity contribution in [2.45, 2.75) is 44.4 Å². The molecule has 0 aliphatic carbocycles. The van der Waals surface area contributed by atoms with Crippen molar-refractivity contribution in [2.24, 2.45) is 0 Å². The first-order chi connectivity index (χ1) is 16.6. The van der Waals surface area contributed by atoms with Crippen LogP contribution in [0, 0.1) is 18.3 Å². The van der Waals surface area contributed by atoms with E-state index in [1.54, 1.807) is 12.3 Å². The molecule has 13 heteroatoms. The summed E-state index contributed by atoms with van der Waals surface area (Å²) < 4.78 is 22.8. The molecule has 3 heterocycles. The molecule has 1 aromatic carbocycles. The normalized spacial score (nSPS) is 24.7. The van der Waals surface area contributed by atoms with E-state index in [4.69, 9.17) is 14.5 Å². The van der Waals surface area contributed by atoms with Crippen LogP contribution >= 0.6 is 7.60 Å². The molecule has 2 aromatic heterocycles. The number of hydrogen-bond acceptors (Lipinski definition) is 10. The molecule has 1 fully saturated rings. The molecule has 2 unspecified atom stereocenters. The summed E-state index contributed by atoms with van der Waals surface area (Å²) >= 11 is 0. The van der Waals surface area contributed by atoms with E-state index in [0.29, 0.717) is 16.9 Å². The van der Waals surface area contributed by atoms with E-state index in [1.165, 1.54) is 4.57 Å². The van der Waals surface area contributed by atoms with Gasteiger partial charge in [0.15, 0.2) is 6.23 Å². The Morgan fingerprint density at radius 2 is 1.97 bits per heavy atom. The van der Waals surface area contributed by atoms with E-state index in [-0.39, 0.29) is 11.9 Å². The van der Waals surface area contributed by atoms with Crippen LogP contribution in [0.1, 0.15) is 36.1 Å². The summed E-state index contributed by atoms with van der Waals surface area (Å²) in [5.74, 6) is 0.348. The number of aliphatic hydroxyl groups excluding tert-OH is 2. The zero-order chi connectivity index (χ0) is 25.3. The van der Waals surface area contributed by atoms with Crippen LogP contribution in [0.5, 0.6) is 0 Å². The number of nitrogens with zero attached hydrogens (tertiary/aromatic N) is 4. The summed E-state index contributed by atoms with van der Waals surface area (Å²) in [4.78, 5) is 22.5. The number of nitrogens with one attached hydrogen (secondary N) is 1. The molecule has 0 amide bonds. The first kappa shape index (κ1) is 25.2. The van der Waals surface area contributed by atoms with Gasteiger partial charge in [0.2, 0.25) is 5.82 Å². The Morgan fingerprint density at radius 3 is 2.63 bits per heavy atom. The monoisotopic (exact) mass is 503 g/mol. The maximum absolute atomic E-state index is 11.2. The highest BCUT2D eigenvalue weighted by Crippen LogP contribution is 2.38. The Hall–Kier alpha value is -2.88. The smallest absolute Gasteiger partial charge is 0.352 e. The van der Waals surface area contributed by atoms with Crippen LogP contribution in [0.3, 0.4) is 0 Å². The number of ether oxygens (including phenoxy) is 1. The van der Waals surface area contributed by atoms with Gasteiger partial charge in [0, 0.05) is 18.9 Å². The number of aliphatic hydroxyl groups is 2. The van der Waals surface area contributed by atoms with Crippen molar-refractivity contribution in [3.63, 3.8) is 0 Å². The molecule has 186 valence electrons. The van der Waals surface area contributed by atoms with Crippen molar-refractivity contribution < 1.29 is 34.0 Å². The van der Waals surface area contributed by atoms with Crippen LogP contribution in [0.25, 0.3) is 11.0 Å². The summed E-state index contributed by atoms with van der Waals surface area (Å²) in [7, 11) is -3.89. The predicted octanol–water partition coefficient (Wildman–Crippen LogP) is 2.17. The van der Waals surface area contributed by atoms with Crippen molar-refractivity contribution in [2.75, 3.05) is 18.6 Å². The molecule has 12 nitrogen and oxygen atoms in total. The molecule has 0 saturated carbocycles. The van der Waals surface area contributed by atoms with Crippen molar-refractivity contribution in [3.8, 4) is 6.07 Å². The number of hydrogen-bond donors (Lipinski definition) is 4. The van der Waals surface area contributed by atoms with Crippen molar-refractivity contribution >= 4 is 24.4 Å². The second-order valence-electron chi connectivity index (χ2n) is 8.45. The molecule has 4 N–H and O–H groups in total. The fourth-order valence-electron chi connectivity index (χ4n) is 3.83. The summed E-state index contributed by atoms with van der Waals surface area (Å²) in [6.07, 6.45) is -3.24. The van der Waals surface area contributed by atoms with Crippen molar-refractivity contribution in [3.05, 3.63) is 53.5 Å². The molecule has 0 bridgehead atoms. The third-order valence-electron chi connectivity index (χ3n) is 5.64. The summed E-state index contributed by atoms with van der Waals surface area (Å²) in [6.45, 7) is 4.52. The molecule has 3 aromatic rings. The minimum absolute atomic E-state index is 0.0842. The first-order valence-corrected chi connectivity index (χ1v) is 12.8. The lowest BCUT2D eigenvalue weighted by Crippen LogP contribution is -2.33. The average molecular weight is 503 g/mol. The number of rotatable bonds is 8. The topological polar surface area (TPSA) is 172 Å². The fourth-order valence-corrected chi connectivity index (χ4v) is 4.09. The second kappa shape index (κ2) is 10.0. The highest BCUT2D eigenvalue weighted by atomic mass is 31.2. The van der Waals surface area contributed by atoms with E-state index in [0.717, 1.165) is 17.8 Å². The quantitative estimate of drug-likeness (QED) is 0.202. The summed E-state index contributed by atoms with van der Waals surface area (Å²) in [5, 5.41) is 34.4. The van der Waals surface area contributed by atoms with Gasteiger partial charge < -0.3 is 29.7 Å². The highest BCUT2D eigenvalue weighted by Gasteiger charge is 2.44. The van der Waals surface area contributed by atoms with Gasteiger partial charge in [-0.25, -0.2) is 14.9 Å². The summed E-state index contributed by atoms with van der Waals surface area (Å²) in [6, 6.07) is 11.6. The third-order valence-corrected chi connectivity index (χ3v) is 6.02. The van der Waals surface area contributed by atoms with Gasteiger partial charge in [-0.2, -0.15) is 5.26 Å². The Morgan fingerprint density at radius 1 is 1.26 bits per heavy atom. The van der Waals surface area contributed by atoms with Gasteiger partial charge in [0.25, 0.3) is 0 Å². The number of aromatic nitrogens is 3. The van der Waals surface area contributed by atoms with Gasteiger partial charge in [-0.15, -0.1) is 4.67 Å². The predicted molar refractivity (Wildman–Crippen MR) is 124 cm³/mol. The molecule has 6 atom stereocenters. The highest BCUT2D eigenvalue weighted by molar-refractivity contribution is 7.51. The van der Waals surface area contributed by atoms with Gasteiger partial charge in [-0.3, -0.25) is 4.57 Å². The van der Waals surface area contributed by atoms with Gasteiger partial charge >= 0.3 is 7.60 Å². The molecule has 0 radical (unpaired) electrons. The van der Waals surface area contributed by atoms with Crippen LogP contribution < -0.4 is 5.32 Å². The lowest BCUT2D eigenvalue weighted by molar-refractivity contribution is -0.238. The molecule has 1 saturated heterocycles. The van der Waals surface area contributed by atoms with Crippen LogP contribution in [0.2, 0.25) is 0 Å². The van der Waals surface area contributed by atoms with E-state index in [1.807, 2.05) is 44.2 Å². The maximum atomic E-state index is 11.2. The molecular formula is C22H26N5O7P. The van der Waals surface area contributed by atoms with Gasteiger partial charge in [0.05, 0.1) is 5.39 Å². The maximum Gasteiger partial charge on any atom is 0.352 e. The largest absolute Gasteiger partial charge is 0.387 e. The van der Waals surface area contributed by atoms with Crippen LogP contribution in [-0.4, -0.2) is 61.2 Å². The number of aryl methyl sites for hydroxylation is 1. The van der Waals surface area contributed by atoms with E-state index in [2.05, 4.69) is 20.0 Å². The van der Waals surface area contributed by atoms with Gasteiger partial charge in [0.1, 0.15) is 42.5 Å². The van der Waals surface area contributed by atoms with Gasteiger partial charge in [-0.05, 0) is 25.5 Å². The Labute approximate surface area is 201 Å². The molecule has 0 spiro atoms. The Balaban J connectivity index is 1.60. The summed E-state index contributed by atoms with van der Waals surface area (Å²) in [5.41, 5.74) is 2.49. The minimum atomic E-state index is -3.89. The number of anilines is 1. The van der Waals surface area contributed by atoms with E-state index >= 15 is 0 Å². The fraction of sp³-hybridized carbons (Fsp3) is 0.409. The molecule has 1 aliphatic heterocycles. The standard InChI is InChI=1S/C22H26N5O7P/c1-12-4-6-14(7-5-12)13(2)24-20-15-8-9-27(21(15)26-17(10-23)25-20)22-19(29)18(28)16(33-22)11-32-34-35(3,30)31/h4-9,13,16,18-19,22,28-29H,11H2,1-3H3,(H,30,31)(H,24,25,26)/t13?,16-,18-,19-,22-/m1/s1. The third kappa shape index (κ3) is 5.52. The molecular weight excluding hydrogens is 477 g/mol. The lowest BCUT2D eigenvalue weighted by Gasteiger charge is -2.19. The van der Waals surface area contributed by atoms with Crippen LogP contribution in [0.15, 0.2) is 36.5 Å². The molecule has 4 rings (SSSR count). The van der Waals surface area contributed by atoms with E-state index < -0.39 is 38.7 Å². The zero-order valence-corrected chi connectivity index (χ0v) is 20.2. The van der Waals surface area contributed by atoms with Crippen LogP contribution in [-0.2, 0) is 18.9 Å².